The third-order valence-electron chi connectivity index (χ3n) is 0.898. The monoisotopic (exact) mass is 3300 g/mol. The second-order valence-corrected chi connectivity index (χ2v) is 587. The molecule has 26 heavy (non-hydrogen) atoms. The number of halogens is 26. The van der Waals surface area contributed by atoms with Gasteiger partial charge in [-0.15, -0.1) is 0 Å². The molecule has 0 amide bonds. The fraction of sp³-hybridized carbons (Fsp3) is 0. The molecule has 0 aliphatic rings. The second kappa shape index (κ2) is 26.9. The molecule has 184 valence electrons. The van der Waals surface area contributed by atoms with Crippen molar-refractivity contribution in [2.45, 2.75) is 0 Å². The normalized spacial score (nSPS) is 18.9. The Labute approximate surface area is 336 Å². The maximum absolute atomic E-state index is 8.03. The van der Waals surface area contributed by atoms with Gasteiger partial charge in [0.05, 0.1) is 0 Å². The predicted octanol–water partition coefficient (Wildman–Crippen LogP) is 18.9. The fourth-order valence-electron chi connectivity index (χ4n) is 0.309. The molecule has 26 heteroatoms. The molecule has 0 aromatic heterocycles. The van der Waals surface area contributed by atoms with Gasteiger partial charge in [-0.05, 0) is 0 Å². The van der Waals surface area contributed by atoms with Gasteiger partial charge in [-0.1, -0.05) is 0 Å². The summed E-state index contributed by atoms with van der Waals surface area (Å²) in [6, 6.07) is 0. The van der Waals surface area contributed by atoms with Crippen molar-refractivity contribution in [3.05, 3.63) is 0 Å². The minimum absolute atomic E-state index is 0.0742. The Bertz CT molecular complexity index is 390. The van der Waals surface area contributed by atoms with Crippen LogP contribution in [0.15, 0.2) is 0 Å². The van der Waals surface area contributed by atoms with E-state index >= 15 is 0 Å². The van der Waals surface area contributed by atoms with Gasteiger partial charge in [-0.2, -0.15) is 0 Å². The van der Waals surface area contributed by atoms with Crippen LogP contribution in [0.2, 0.25) is 0 Å². The summed E-state index contributed by atoms with van der Waals surface area (Å²) in [7, 11) is -6.12. The average molecular weight is 3300 g/mol. The molecule has 0 unspecified atom stereocenters. The molecular weight excluding hydrogens is 3300 g/mol. The Morgan fingerprint density at radius 1 is 0.385 bits per heavy atom. The first-order valence-electron chi connectivity index (χ1n) is 3.95. The van der Waals surface area contributed by atoms with Crippen LogP contribution < -0.4 is 18.4 Å². The van der Waals surface area contributed by atoms with E-state index in [1.807, 2.05) is 0 Å². The fourth-order valence-corrected chi connectivity index (χ4v) is 4190. The summed E-state index contributed by atoms with van der Waals surface area (Å²) in [5.74, 6) is 0. The summed E-state index contributed by atoms with van der Waals surface area (Å²) in [6.07, 6.45) is 0. The van der Waals surface area contributed by atoms with Gasteiger partial charge in [0, 0.05) is 0 Å². The van der Waals surface area contributed by atoms with E-state index in [-0.39, 0.29) is 18.4 Å². The van der Waals surface area contributed by atoms with Gasteiger partial charge in [-0.25, -0.2) is 0 Å². The van der Waals surface area contributed by atoms with Crippen LogP contribution in [-0.2, 0) is 0 Å². The summed E-state index contributed by atoms with van der Waals surface area (Å²) >= 11 is 40.2. The number of hydrogen-bond donors (Lipinski definition) is 0. The Morgan fingerprint density at radius 2 is 0.615 bits per heavy atom. The molecule has 0 radical (unpaired) electrons. The molecule has 0 saturated carbocycles. The first-order chi connectivity index (χ1) is 12.3. The molecule has 0 aliphatic carbocycles. The van der Waals surface area contributed by atoms with Crippen molar-refractivity contribution >= 4 is 337 Å². The maximum atomic E-state index is 8.03. The van der Waals surface area contributed by atoms with Gasteiger partial charge in [0.1, 0.15) is 0 Å². The molecule has 0 aromatic rings. The van der Waals surface area contributed by atoms with Crippen LogP contribution in [0.3, 0.4) is 0 Å². The van der Waals surface area contributed by atoms with Crippen molar-refractivity contribution in [2.75, 3.05) is 0 Å². The molecule has 0 nitrogen and oxygen atoms in total. The zero-order chi connectivity index (χ0) is 21.6. The van der Waals surface area contributed by atoms with E-state index in [0.29, 0.717) is 0 Å². The molecule has 0 atom stereocenters. The van der Waals surface area contributed by atoms with Crippen LogP contribution in [0.5, 0.6) is 0 Å². The van der Waals surface area contributed by atoms with Gasteiger partial charge < -0.3 is 0 Å². The van der Waals surface area contributed by atoms with Crippen molar-refractivity contribution < 1.29 is 18.4 Å². The molecule has 0 N–H and O–H groups in total. The number of rotatable bonds is 12. The topological polar surface area (TPSA) is 0 Å². The van der Waals surface area contributed by atoms with Crippen LogP contribution >= 0.6 is 337 Å². The van der Waals surface area contributed by atoms with Crippen molar-refractivity contribution in [1.29, 1.82) is 0.594 Å². The predicted molar refractivity (Wildman–Crippen MR) is 352 cm³/mol. The van der Waals surface area contributed by atoms with Crippen molar-refractivity contribution in [3.8, 4) is 0 Å². The van der Waals surface area contributed by atoms with Crippen LogP contribution in [-0.4, -0.2) is 0.594 Å². The van der Waals surface area contributed by atoms with Gasteiger partial charge in [-0.3, -0.25) is 0 Å². The van der Waals surface area contributed by atoms with E-state index in [9.17, 15) is 0 Å². The molecule has 0 rings (SSSR count). The molecule has 0 aromatic carbocycles. The number of hydrogen-bond acceptors (Lipinski definition) is 0. The van der Waals surface area contributed by atoms with Crippen molar-refractivity contribution in [2.24, 2.45) is 0 Å². The van der Waals surface area contributed by atoms with Crippen LogP contribution in [0.25, 0.3) is 0 Å². The van der Waals surface area contributed by atoms with E-state index in [0.717, 1.165) is 0 Å². The zero-order valence-corrected chi connectivity index (χ0v) is 65.9. The molecule has 0 saturated heterocycles. The van der Waals surface area contributed by atoms with E-state index in [4.69, 9.17) is 0.594 Å². The molecule has 0 bridgehead atoms. The molecular formula is HI26-. The summed E-state index contributed by atoms with van der Waals surface area (Å²) in [5, 5.41) is 0. The third-order valence-corrected chi connectivity index (χ3v) is 1820. The Hall–Kier alpha value is 19.0. The average Bonchev–Trinajstić information content (AvgIpc) is 2.66. The summed E-state index contributed by atoms with van der Waals surface area (Å²) in [6.45, 7) is 0. The van der Waals surface area contributed by atoms with Crippen molar-refractivity contribution in [1.82, 2.24) is 0 Å². The van der Waals surface area contributed by atoms with Crippen molar-refractivity contribution in [3.63, 3.8) is 0 Å². The van der Waals surface area contributed by atoms with E-state index in [2.05, 4.69) is 242 Å². The van der Waals surface area contributed by atoms with Crippen LogP contribution in [0.4, 0.5) is 0 Å². The molecule has 0 aliphatic heterocycles. The first kappa shape index (κ1) is 43.0. The Kier molecular flexibility index (Phi) is 44.5. The second-order valence-electron chi connectivity index (χ2n) is 1.94. The summed E-state index contributed by atoms with van der Waals surface area (Å²) < 4.78 is 8.03. The third kappa shape index (κ3) is 19.1. The molecule has 0 fully saturated rings. The van der Waals surface area contributed by atoms with Crippen LogP contribution in [0.1, 0.15) is 0 Å². The standard InChI is InChI=1S/HI26/c1-15(2)17(5)19(7)21(9)23(11)25(13)26(14)24(12)22(10)20(8)18(6)16(3)4/h1H/q-1/i1D. The SMILES string of the molecule is [2H][I-]I(I)I(I)I(I)I(I)I(I)I(I)I(I)I(I)I(I)I(I)I(I)I(I)I. The van der Waals surface area contributed by atoms with E-state index in [1.54, 1.807) is 0 Å². The van der Waals surface area contributed by atoms with Gasteiger partial charge in [0.25, 0.3) is 0 Å². The zero-order valence-electron chi connectivity index (χ0n) is 10.8. The summed E-state index contributed by atoms with van der Waals surface area (Å²) in [4.78, 5) is 0. The minimum atomic E-state index is -0.674. The Morgan fingerprint density at radius 3 is 0.846 bits per heavy atom. The van der Waals surface area contributed by atoms with Gasteiger partial charge >= 0.3 is 356 Å². The quantitative estimate of drug-likeness (QED) is 0.171. The van der Waals surface area contributed by atoms with Gasteiger partial charge in [0.15, 0.2) is 0 Å². The van der Waals surface area contributed by atoms with E-state index in [1.165, 1.54) is 0 Å². The molecule has 0 spiro atoms. The summed E-state index contributed by atoms with van der Waals surface area (Å²) in [5.41, 5.74) is 0. The van der Waals surface area contributed by atoms with Crippen LogP contribution in [0, 0.1) is 0 Å². The van der Waals surface area contributed by atoms with E-state index < -0.39 is 94.7 Å². The molecule has 0 heterocycles. The first-order valence-corrected chi connectivity index (χ1v) is 161. The van der Waals surface area contributed by atoms with Gasteiger partial charge in [0.2, 0.25) is 0 Å². The Balaban J connectivity index is 5.06.